The standard InChI is InChI=1S/C17H16ClFN4O2/c18-12-5-3-4-11(14(12)19)15-16-17(21-10(9-24)8-20-16)23(22-15)13-6-1-2-7-25-13/h3-5,8,13,24H,1-2,6-7,9H2. The molecule has 8 heteroatoms. The molecule has 1 N–H and O–H groups in total. The van der Waals surface area contributed by atoms with Gasteiger partial charge in [-0.1, -0.05) is 17.7 Å². The first-order valence-corrected chi connectivity index (χ1v) is 8.48. The molecule has 0 saturated carbocycles. The number of hydrogen-bond donors (Lipinski definition) is 1. The van der Waals surface area contributed by atoms with Gasteiger partial charge in [-0.15, -0.1) is 0 Å². The van der Waals surface area contributed by atoms with E-state index >= 15 is 0 Å². The van der Waals surface area contributed by atoms with Crippen LogP contribution in [0.3, 0.4) is 0 Å². The molecule has 1 unspecified atom stereocenters. The van der Waals surface area contributed by atoms with Crippen LogP contribution in [0.4, 0.5) is 4.39 Å². The van der Waals surface area contributed by atoms with Gasteiger partial charge < -0.3 is 9.84 Å². The van der Waals surface area contributed by atoms with Gasteiger partial charge in [0.1, 0.15) is 11.2 Å². The van der Waals surface area contributed by atoms with E-state index in [0.717, 1.165) is 19.3 Å². The van der Waals surface area contributed by atoms with Crippen LogP contribution in [0.5, 0.6) is 0 Å². The highest BCUT2D eigenvalue weighted by Gasteiger charge is 2.25. The summed E-state index contributed by atoms with van der Waals surface area (Å²) in [7, 11) is 0. The summed E-state index contributed by atoms with van der Waals surface area (Å²) in [5.74, 6) is -0.548. The molecule has 0 amide bonds. The van der Waals surface area contributed by atoms with E-state index in [2.05, 4.69) is 15.1 Å². The number of nitrogens with zero attached hydrogens (tertiary/aromatic N) is 4. The number of aromatic nitrogens is 4. The number of ether oxygens (including phenoxy) is 1. The van der Waals surface area contributed by atoms with Gasteiger partial charge in [0.25, 0.3) is 0 Å². The average Bonchev–Trinajstić information content (AvgIpc) is 3.03. The lowest BCUT2D eigenvalue weighted by atomic mass is 10.1. The summed E-state index contributed by atoms with van der Waals surface area (Å²) in [6, 6.07) is 4.76. The van der Waals surface area contributed by atoms with Gasteiger partial charge in [0.05, 0.1) is 23.5 Å². The number of benzene rings is 1. The number of fused-ring (bicyclic) bond motifs is 1. The molecule has 1 fully saturated rings. The van der Waals surface area contributed by atoms with E-state index < -0.39 is 5.82 Å². The average molecular weight is 363 g/mol. The minimum absolute atomic E-state index is 0.0223. The lowest BCUT2D eigenvalue weighted by molar-refractivity contribution is -0.0369. The fourth-order valence-electron chi connectivity index (χ4n) is 3.01. The second-order valence-corrected chi connectivity index (χ2v) is 6.31. The zero-order valence-electron chi connectivity index (χ0n) is 13.3. The van der Waals surface area contributed by atoms with Crippen LogP contribution in [-0.4, -0.2) is 31.5 Å². The van der Waals surface area contributed by atoms with Crippen molar-refractivity contribution in [2.24, 2.45) is 0 Å². The number of aliphatic hydroxyl groups is 1. The Balaban J connectivity index is 1.94. The highest BCUT2D eigenvalue weighted by Crippen LogP contribution is 2.33. The van der Waals surface area contributed by atoms with Crippen molar-refractivity contribution in [3.05, 3.63) is 40.9 Å². The van der Waals surface area contributed by atoms with Crippen molar-refractivity contribution in [2.45, 2.75) is 32.1 Å². The van der Waals surface area contributed by atoms with Gasteiger partial charge in [-0.3, -0.25) is 0 Å². The minimum Gasteiger partial charge on any atom is -0.390 e. The van der Waals surface area contributed by atoms with E-state index in [-0.39, 0.29) is 23.4 Å². The monoisotopic (exact) mass is 362 g/mol. The molecule has 1 aliphatic heterocycles. The molecular weight excluding hydrogens is 347 g/mol. The zero-order valence-corrected chi connectivity index (χ0v) is 14.1. The first-order chi connectivity index (χ1) is 12.2. The molecule has 1 aromatic carbocycles. The van der Waals surface area contributed by atoms with Gasteiger partial charge >= 0.3 is 0 Å². The molecule has 1 atom stereocenters. The second-order valence-electron chi connectivity index (χ2n) is 5.91. The molecule has 4 rings (SSSR count). The van der Waals surface area contributed by atoms with Crippen molar-refractivity contribution in [2.75, 3.05) is 6.61 Å². The molecule has 1 saturated heterocycles. The van der Waals surface area contributed by atoms with Crippen molar-refractivity contribution in [1.82, 2.24) is 19.7 Å². The van der Waals surface area contributed by atoms with Crippen molar-refractivity contribution >= 4 is 22.8 Å². The predicted molar refractivity (Wildman–Crippen MR) is 90.5 cm³/mol. The van der Waals surface area contributed by atoms with E-state index in [1.165, 1.54) is 12.3 Å². The van der Waals surface area contributed by atoms with Crippen molar-refractivity contribution in [3.8, 4) is 11.3 Å². The Bertz CT molecular complexity index is 924. The quantitative estimate of drug-likeness (QED) is 0.772. The van der Waals surface area contributed by atoms with Crippen LogP contribution in [0, 0.1) is 5.82 Å². The van der Waals surface area contributed by atoms with Gasteiger partial charge in [-0.05, 0) is 31.4 Å². The Morgan fingerprint density at radius 3 is 3.00 bits per heavy atom. The molecule has 0 aliphatic carbocycles. The van der Waals surface area contributed by atoms with Gasteiger partial charge in [-0.2, -0.15) is 5.10 Å². The summed E-state index contributed by atoms with van der Waals surface area (Å²) >= 11 is 5.91. The number of halogens is 2. The fourth-order valence-corrected chi connectivity index (χ4v) is 3.18. The lowest BCUT2D eigenvalue weighted by Crippen LogP contribution is -2.19. The van der Waals surface area contributed by atoms with Crippen LogP contribution >= 0.6 is 11.6 Å². The third-order valence-electron chi connectivity index (χ3n) is 4.25. The molecule has 130 valence electrons. The topological polar surface area (TPSA) is 73.1 Å². The Morgan fingerprint density at radius 2 is 2.24 bits per heavy atom. The molecule has 2 aromatic heterocycles. The summed E-state index contributed by atoms with van der Waals surface area (Å²) in [6.07, 6.45) is 3.98. The fraction of sp³-hybridized carbons (Fsp3) is 0.353. The van der Waals surface area contributed by atoms with Crippen molar-refractivity contribution < 1.29 is 14.2 Å². The summed E-state index contributed by atoms with van der Waals surface area (Å²) in [6.45, 7) is 0.403. The SMILES string of the molecule is OCc1cnc2c(-c3cccc(Cl)c3F)nn(C3CCCCO3)c2n1. The van der Waals surface area contributed by atoms with Crippen LogP contribution in [0.25, 0.3) is 22.4 Å². The normalized spacial score (nSPS) is 18.0. The van der Waals surface area contributed by atoms with Crippen LogP contribution in [0.15, 0.2) is 24.4 Å². The van der Waals surface area contributed by atoms with Gasteiger partial charge in [-0.25, -0.2) is 19.0 Å². The number of aliphatic hydroxyl groups excluding tert-OH is 1. The maximum atomic E-state index is 14.5. The Labute approximate surface area is 148 Å². The molecule has 3 heterocycles. The largest absolute Gasteiger partial charge is 0.390 e. The highest BCUT2D eigenvalue weighted by atomic mass is 35.5. The third kappa shape index (κ3) is 2.88. The maximum Gasteiger partial charge on any atom is 0.180 e. The summed E-state index contributed by atoms with van der Waals surface area (Å²) in [5.41, 5.74) is 1.96. The van der Waals surface area contributed by atoms with Crippen LogP contribution in [0.1, 0.15) is 31.2 Å². The zero-order chi connectivity index (χ0) is 17.4. The Kier molecular flexibility index (Phi) is 4.37. The Morgan fingerprint density at radius 1 is 1.36 bits per heavy atom. The van der Waals surface area contributed by atoms with Gasteiger partial charge in [0, 0.05) is 12.2 Å². The predicted octanol–water partition coefficient (Wildman–Crippen LogP) is 3.48. The van der Waals surface area contributed by atoms with Crippen LogP contribution in [-0.2, 0) is 11.3 Å². The lowest BCUT2D eigenvalue weighted by Gasteiger charge is -2.23. The minimum atomic E-state index is -0.548. The van der Waals surface area contributed by atoms with E-state index in [0.29, 0.717) is 29.2 Å². The molecule has 0 spiro atoms. The van der Waals surface area contributed by atoms with Gasteiger partial charge in [0.2, 0.25) is 0 Å². The molecule has 0 radical (unpaired) electrons. The summed E-state index contributed by atoms with van der Waals surface area (Å²) < 4.78 is 21.9. The first-order valence-electron chi connectivity index (χ1n) is 8.10. The molecule has 1 aliphatic rings. The van der Waals surface area contributed by atoms with Gasteiger partial charge in [0.15, 0.2) is 17.7 Å². The number of hydrogen-bond acceptors (Lipinski definition) is 5. The molecular formula is C17H16ClFN4O2. The van der Waals surface area contributed by atoms with Crippen molar-refractivity contribution in [1.29, 1.82) is 0 Å². The number of rotatable bonds is 3. The smallest absolute Gasteiger partial charge is 0.180 e. The molecule has 0 bridgehead atoms. The van der Waals surface area contributed by atoms with E-state index in [4.69, 9.17) is 16.3 Å². The maximum absolute atomic E-state index is 14.5. The molecule has 3 aromatic rings. The second kappa shape index (κ2) is 6.67. The van der Waals surface area contributed by atoms with E-state index in [1.807, 2.05) is 0 Å². The van der Waals surface area contributed by atoms with Crippen molar-refractivity contribution in [3.63, 3.8) is 0 Å². The summed E-state index contributed by atoms with van der Waals surface area (Å²) in [4.78, 5) is 8.76. The van der Waals surface area contributed by atoms with Crippen LogP contribution in [0.2, 0.25) is 5.02 Å². The summed E-state index contributed by atoms with van der Waals surface area (Å²) in [5, 5.41) is 13.9. The van der Waals surface area contributed by atoms with Crippen LogP contribution < -0.4 is 0 Å². The Hall–Kier alpha value is -2.09. The molecule has 6 nitrogen and oxygen atoms in total. The van der Waals surface area contributed by atoms with E-state index in [1.54, 1.807) is 16.8 Å². The highest BCUT2D eigenvalue weighted by molar-refractivity contribution is 6.31. The first kappa shape index (κ1) is 16.4. The van der Waals surface area contributed by atoms with E-state index in [9.17, 15) is 9.50 Å². The molecule has 25 heavy (non-hydrogen) atoms. The third-order valence-corrected chi connectivity index (χ3v) is 4.54.